The van der Waals surface area contributed by atoms with Gasteiger partial charge in [-0.2, -0.15) is 0 Å². The number of benzene rings is 4. The van der Waals surface area contributed by atoms with Gasteiger partial charge in [0.25, 0.3) is 0 Å². The lowest BCUT2D eigenvalue weighted by molar-refractivity contribution is 0.469. The van der Waals surface area contributed by atoms with Crippen molar-refractivity contribution < 1.29 is 0 Å². The van der Waals surface area contributed by atoms with Gasteiger partial charge in [-0.05, 0) is 37.7 Å². The molecule has 0 aliphatic rings. The summed E-state index contributed by atoms with van der Waals surface area (Å²) in [5.41, 5.74) is 0.500. The standard InChI is InChI=1S/C18H12.C5H12/c1-2-8-14-13(7-1)15-9-3-4-11-17(15)18-12-6-5-10-16(14)18;1-5(2,3)4/h1-12H;1-4H3. The average Bonchev–Trinajstić information content (AvgIpc) is 2.54. The monoisotopic (exact) mass is 300 g/mol. The fourth-order valence-electron chi connectivity index (χ4n) is 2.86. The van der Waals surface area contributed by atoms with Gasteiger partial charge in [-0.1, -0.05) is 100 Å². The van der Waals surface area contributed by atoms with E-state index in [0.29, 0.717) is 5.41 Å². The number of hydrogen-bond acceptors (Lipinski definition) is 0. The summed E-state index contributed by atoms with van der Waals surface area (Å²) in [7, 11) is 0. The molecule has 0 heteroatoms. The number of hydrogen-bond donors (Lipinski definition) is 0. The summed E-state index contributed by atoms with van der Waals surface area (Å²) in [4.78, 5) is 0. The van der Waals surface area contributed by atoms with E-state index in [1.807, 2.05) is 0 Å². The van der Waals surface area contributed by atoms with Crippen LogP contribution >= 0.6 is 0 Å². The zero-order chi connectivity index (χ0) is 16.4. The molecule has 0 nitrogen and oxygen atoms in total. The van der Waals surface area contributed by atoms with E-state index in [9.17, 15) is 0 Å². The summed E-state index contributed by atoms with van der Waals surface area (Å²) < 4.78 is 0. The van der Waals surface area contributed by atoms with E-state index >= 15 is 0 Å². The Hall–Kier alpha value is -2.34. The molecule has 0 atom stereocenters. The fraction of sp³-hybridized carbons (Fsp3) is 0.217. The predicted molar refractivity (Wildman–Crippen MR) is 104 cm³/mol. The molecule has 0 aliphatic heterocycles. The second-order valence-corrected chi connectivity index (χ2v) is 7.64. The van der Waals surface area contributed by atoms with Crippen molar-refractivity contribution in [2.24, 2.45) is 5.41 Å². The third kappa shape index (κ3) is 3.37. The van der Waals surface area contributed by atoms with Gasteiger partial charge in [0.15, 0.2) is 0 Å². The third-order valence-electron chi connectivity index (χ3n) is 3.65. The summed E-state index contributed by atoms with van der Waals surface area (Å²) >= 11 is 0. The SMILES string of the molecule is CC(C)(C)C.c1ccc2c(c1)c1ccccc1c1ccccc21. The summed E-state index contributed by atoms with van der Waals surface area (Å²) in [5, 5.41) is 8.04. The van der Waals surface area contributed by atoms with Crippen molar-refractivity contribution >= 4 is 32.3 Å². The first-order valence-electron chi connectivity index (χ1n) is 8.23. The zero-order valence-electron chi connectivity index (χ0n) is 14.4. The molecule has 4 aromatic carbocycles. The molecular formula is C23H24. The zero-order valence-corrected chi connectivity index (χ0v) is 14.4. The van der Waals surface area contributed by atoms with Crippen molar-refractivity contribution in [1.29, 1.82) is 0 Å². The van der Waals surface area contributed by atoms with Crippen LogP contribution in [0.2, 0.25) is 0 Å². The van der Waals surface area contributed by atoms with Gasteiger partial charge in [-0.25, -0.2) is 0 Å². The van der Waals surface area contributed by atoms with Crippen LogP contribution in [0.5, 0.6) is 0 Å². The van der Waals surface area contributed by atoms with Crippen LogP contribution in [-0.2, 0) is 0 Å². The largest absolute Gasteiger partial charge is 0.0616 e. The van der Waals surface area contributed by atoms with Gasteiger partial charge in [0, 0.05) is 0 Å². The lowest BCUT2D eigenvalue weighted by atomic mass is 9.95. The van der Waals surface area contributed by atoms with Gasteiger partial charge in [-0.3, -0.25) is 0 Å². The highest BCUT2D eigenvalue weighted by molar-refractivity contribution is 6.25. The van der Waals surface area contributed by atoms with E-state index in [1.165, 1.54) is 32.3 Å². The summed E-state index contributed by atoms with van der Waals surface area (Å²) in [5.74, 6) is 0. The maximum atomic E-state index is 2.21. The maximum absolute atomic E-state index is 2.21. The summed E-state index contributed by atoms with van der Waals surface area (Å²) in [6, 6.07) is 26.0. The molecule has 4 aromatic rings. The van der Waals surface area contributed by atoms with Crippen molar-refractivity contribution in [1.82, 2.24) is 0 Å². The first-order chi connectivity index (χ1) is 10.9. The van der Waals surface area contributed by atoms with E-state index in [4.69, 9.17) is 0 Å². The molecular weight excluding hydrogens is 276 g/mol. The van der Waals surface area contributed by atoms with Crippen molar-refractivity contribution in [2.45, 2.75) is 27.7 Å². The maximum Gasteiger partial charge on any atom is -0.00990 e. The molecule has 0 aliphatic carbocycles. The number of rotatable bonds is 0. The molecule has 0 heterocycles. The molecule has 0 unspecified atom stereocenters. The minimum atomic E-state index is 0.500. The predicted octanol–water partition coefficient (Wildman–Crippen LogP) is 7.20. The van der Waals surface area contributed by atoms with Crippen LogP contribution in [-0.4, -0.2) is 0 Å². The Kier molecular flexibility index (Phi) is 4.09. The highest BCUT2D eigenvalue weighted by atomic mass is 14.1. The molecule has 0 spiro atoms. The van der Waals surface area contributed by atoms with Crippen LogP contribution in [0.4, 0.5) is 0 Å². The molecule has 4 rings (SSSR count). The Morgan fingerprint density at radius 1 is 0.391 bits per heavy atom. The Morgan fingerprint density at radius 2 is 0.522 bits per heavy atom. The van der Waals surface area contributed by atoms with E-state index in [2.05, 4.69) is 100 Å². The Morgan fingerprint density at radius 3 is 0.652 bits per heavy atom. The Bertz CT molecular complexity index is 729. The van der Waals surface area contributed by atoms with E-state index in [0.717, 1.165) is 0 Å². The van der Waals surface area contributed by atoms with E-state index in [1.54, 1.807) is 0 Å². The van der Waals surface area contributed by atoms with E-state index in [-0.39, 0.29) is 0 Å². The van der Waals surface area contributed by atoms with Crippen molar-refractivity contribution in [3.05, 3.63) is 72.8 Å². The molecule has 0 saturated carbocycles. The van der Waals surface area contributed by atoms with Crippen molar-refractivity contribution in [2.75, 3.05) is 0 Å². The molecule has 23 heavy (non-hydrogen) atoms. The van der Waals surface area contributed by atoms with Crippen molar-refractivity contribution in [3.8, 4) is 0 Å². The van der Waals surface area contributed by atoms with Gasteiger partial charge >= 0.3 is 0 Å². The van der Waals surface area contributed by atoms with Crippen LogP contribution in [0.1, 0.15) is 27.7 Å². The molecule has 0 bridgehead atoms. The first kappa shape index (κ1) is 15.6. The van der Waals surface area contributed by atoms with Gasteiger partial charge < -0.3 is 0 Å². The van der Waals surface area contributed by atoms with Crippen LogP contribution < -0.4 is 0 Å². The quantitative estimate of drug-likeness (QED) is 0.301. The molecule has 0 radical (unpaired) electrons. The Balaban J connectivity index is 0.000000276. The molecule has 0 fully saturated rings. The summed E-state index contributed by atoms with van der Waals surface area (Å²) in [6.07, 6.45) is 0. The van der Waals surface area contributed by atoms with Gasteiger partial charge in [0.2, 0.25) is 0 Å². The Labute approximate surface area is 138 Å². The lowest BCUT2D eigenvalue weighted by Crippen LogP contribution is -1.93. The fourth-order valence-corrected chi connectivity index (χ4v) is 2.86. The smallest absolute Gasteiger partial charge is 0.00990 e. The van der Waals surface area contributed by atoms with Gasteiger partial charge in [-0.15, -0.1) is 0 Å². The van der Waals surface area contributed by atoms with Crippen LogP contribution in [0, 0.1) is 5.41 Å². The van der Waals surface area contributed by atoms with Crippen LogP contribution in [0.15, 0.2) is 72.8 Å². The second kappa shape index (κ2) is 6.04. The molecule has 0 N–H and O–H groups in total. The van der Waals surface area contributed by atoms with Crippen molar-refractivity contribution in [3.63, 3.8) is 0 Å². The van der Waals surface area contributed by atoms with Crippen LogP contribution in [0.3, 0.4) is 0 Å². The highest BCUT2D eigenvalue weighted by Gasteiger charge is 2.06. The van der Waals surface area contributed by atoms with Crippen LogP contribution in [0.25, 0.3) is 32.3 Å². The lowest BCUT2D eigenvalue weighted by Gasteiger charge is -2.09. The van der Waals surface area contributed by atoms with Gasteiger partial charge in [0.05, 0.1) is 0 Å². The first-order valence-corrected chi connectivity index (χ1v) is 8.23. The molecule has 0 amide bonds. The molecule has 0 aromatic heterocycles. The van der Waals surface area contributed by atoms with Gasteiger partial charge in [0.1, 0.15) is 0 Å². The topological polar surface area (TPSA) is 0 Å². The average molecular weight is 300 g/mol. The third-order valence-corrected chi connectivity index (χ3v) is 3.65. The minimum absolute atomic E-state index is 0.500. The molecule has 116 valence electrons. The summed E-state index contributed by atoms with van der Waals surface area (Å²) in [6.45, 7) is 8.75. The second-order valence-electron chi connectivity index (χ2n) is 7.64. The minimum Gasteiger partial charge on any atom is -0.0616 e. The normalized spacial score (nSPS) is 11.5. The number of fused-ring (bicyclic) bond motifs is 6. The molecule has 0 saturated heterocycles. The highest BCUT2D eigenvalue weighted by Crippen LogP contribution is 2.34. The van der Waals surface area contributed by atoms with E-state index < -0.39 is 0 Å².